The molecule has 2 N–H and O–H groups in total. The zero-order chi connectivity index (χ0) is 13.1. The van der Waals surface area contributed by atoms with E-state index in [9.17, 15) is 8.42 Å². The number of sulfonamides is 1. The third kappa shape index (κ3) is 2.83. The first-order chi connectivity index (χ1) is 7.95. The molecule has 0 aliphatic heterocycles. The lowest BCUT2D eigenvalue weighted by Crippen LogP contribution is -2.37. The smallest absolute Gasteiger partial charge is 0.245 e. The summed E-state index contributed by atoms with van der Waals surface area (Å²) >= 11 is 0. The summed E-state index contributed by atoms with van der Waals surface area (Å²) in [5.74, 6) is 0. The average Bonchev–Trinajstić information content (AvgIpc) is 2.29. The van der Waals surface area contributed by atoms with Gasteiger partial charge in [0, 0.05) is 25.3 Å². The second-order valence-corrected chi connectivity index (χ2v) is 5.81. The summed E-state index contributed by atoms with van der Waals surface area (Å²) in [6.07, 6.45) is 1.55. The summed E-state index contributed by atoms with van der Waals surface area (Å²) in [5, 5.41) is 0. The number of nitrogens with zero attached hydrogens (tertiary/aromatic N) is 2. The maximum Gasteiger partial charge on any atom is 0.245 e. The summed E-state index contributed by atoms with van der Waals surface area (Å²) < 4.78 is 26.3. The maximum absolute atomic E-state index is 12.4. The topological polar surface area (TPSA) is 76.3 Å². The lowest BCUT2D eigenvalue weighted by molar-refractivity contribution is 0.368. The second-order valence-electron chi connectivity index (χ2n) is 3.95. The molecule has 1 aromatic heterocycles. The zero-order valence-electron chi connectivity index (χ0n) is 10.4. The van der Waals surface area contributed by atoms with Crippen molar-refractivity contribution in [1.82, 2.24) is 9.29 Å². The van der Waals surface area contributed by atoms with Crippen molar-refractivity contribution in [2.24, 2.45) is 5.73 Å². The molecule has 0 atom stereocenters. The van der Waals surface area contributed by atoms with Gasteiger partial charge in [-0.25, -0.2) is 8.42 Å². The fourth-order valence-electron chi connectivity index (χ4n) is 1.75. The predicted octanol–water partition coefficient (Wildman–Crippen LogP) is 0.959. The fraction of sp³-hybridized carbons (Fsp3) is 0.545. The zero-order valence-corrected chi connectivity index (χ0v) is 11.2. The van der Waals surface area contributed by atoms with Crippen LogP contribution in [0.2, 0.25) is 0 Å². The Morgan fingerprint density at radius 1 is 1.47 bits per heavy atom. The second kappa shape index (κ2) is 5.57. The molecule has 0 spiro atoms. The molecule has 0 bridgehead atoms. The normalized spacial score (nSPS) is 12.4. The van der Waals surface area contributed by atoms with Crippen molar-refractivity contribution < 1.29 is 8.42 Å². The minimum absolute atomic E-state index is 0.0872. The van der Waals surface area contributed by atoms with Gasteiger partial charge in [0.15, 0.2) is 0 Å². The van der Waals surface area contributed by atoms with Crippen LogP contribution in [-0.4, -0.2) is 30.3 Å². The lowest BCUT2D eigenvalue weighted by atomic mass is 10.3. The number of hydrogen-bond donors (Lipinski definition) is 1. The van der Waals surface area contributed by atoms with Crippen LogP contribution in [0.5, 0.6) is 0 Å². The fourth-order valence-corrected chi connectivity index (χ4v) is 3.58. The van der Waals surface area contributed by atoms with Crippen LogP contribution in [0.25, 0.3) is 0 Å². The van der Waals surface area contributed by atoms with Gasteiger partial charge in [0.05, 0.1) is 5.69 Å². The van der Waals surface area contributed by atoms with Crippen molar-refractivity contribution in [3.8, 4) is 0 Å². The Hall–Kier alpha value is -0.980. The molecule has 1 rings (SSSR count). The Balaban J connectivity index is 3.30. The van der Waals surface area contributed by atoms with Gasteiger partial charge in [-0.1, -0.05) is 6.92 Å². The molecule has 0 radical (unpaired) electrons. The standard InChI is InChI=1S/C11H19N3O2S/c1-4-14(9(2)3)17(15,16)11-6-5-7-13-10(11)8-12/h5-7,9H,4,8,12H2,1-3H3. The van der Waals surface area contributed by atoms with Crippen molar-refractivity contribution in [3.05, 3.63) is 24.0 Å². The third-order valence-electron chi connectivity index (χ3n) is 2.52. The van der Waals surface area contributed by atoms with Gasteiger partial charge in [0.2, 0.25) is 10.0 Å². The molecule has 6 heteroatoms. The van der Waals surface area contributed by atoms with Gasteiger partial charge in [-0.3, -0.25) is 4.98 Å². The summed E-state index contributed by atoms with van der Waals surface area (Å²) in [6, 6.07) is 3.08. The van der Waals surface area contributed by atoms with Crippen molar-refractivity contribution in [2.45, 2.75) is 38.3 Å². The lowest BCUT2D eigenvalue weighted by Gasteiger charge is -2.25. The van der Waals surface area contributed by atoms with Gasteiger partial charge >= 0.3 is 0 Å². The average molecular weight is 257 g/mol. The number of pyridine rings is 1. The van der Waals surface area contributed by atoms with E-state index in [1.54, 1.807) is 18.3 Å². The predicted molar refractivity (Wildman–Crippen MR) is 66.8 cm³/mol. The molecule has 0 fully saturated rings. The van der Waals surface area contributed by atoms with Crippen LogP contribution >= 0.6 is 0 Å². The Labute approximate surface area is 103 Å². The minimum Gasteiger partial charge on any atom is -0.325 e. The highest BCUT2D eigenvalue weighted by Crippen LogP contribution is 2.20. The SMILES string of the molecule is CCN(C(C)C)S(=O)(=O)c1cccnc1CN. The molecule has 1 aromatic rings. The van der Waals surface area contributed by atoms with Gasteiger partial charge in [-0.15, -0.1) is 0 Å². The Morgan fingerprint density at radius 3 is 2.59 bits per heavy atom. The van der Waals surface area contributed by atoms with E-state index in [-0.39, 0.29) is 17.5 Å². The summed E-state index contributed by atoms with van der Waals surface area (Å²) in [4.78, 5) is 4.22. The van der Waals surface area contributed by atoms with Crippen LogP contribution in [0.3, 0.4) is 0 Å². The van der Waals surface area contributed by atoms with E-state index in [2.05, 4.69) is 4.98 Å². The van der Waals surface area contributed by atoms with Crippen molar-refractivity contribution in [2.75, 3.05) is 6.54 Å². The van der Waals surface area contributed by atoms with Crippen LogP contribution < -0.4 is 5.73 Å². The Bertz CT molecular complexity index is 471. The number of aromatic nitrogens is 1. The van der Waals surface area contributed by atoms with E-state index in [1.807, 2.05) is 20.8 Å². The van der Waals surface area contributed by atoms with Crippen molar-refractivity contribution in [3.63, 3.8) is 0 Å². The summed E-state index contributed by atoms with van der Waals surface area (Å²) in [5.41, 5.74) is 5.93. The van der Waals surface area contributed by atoms with Crippen molar-refractivity contribution in [1.29, 1.82) is 0 Å². The molecular weight excluding hydrogens is 238 g/mol. The summed E-state index contributed by atoms with van der Waals surface area (Å²) in [7, 11) is -3.50. The molecule has 96 valence electrons. The van der Waals surface area contributed by atoms with Gasteiger partial charge in [-0.2, -0.15) is 4.31 Å². The van der Waals surface area contributed by atoms with Crippen LogP contribution in [0.4, 0.5) is 0 Å². The molecular formula is C11H19N3O2S. The number of nitrogens with two attached hydrogens (primary N) is 1. The summed E-state index contributed by atoms with van der Waals surface area (Å²) in [6.45, 7) is 6.05. The van der Waals surface area contributed by atoms with E-state index in [4.69, 9.17) is 5.73 Å². The van der Waals surface area contributed by atoms with E-state index in [0.29, 0.717) is 12.2 Å². The molecule has 1 heterocycles. The van der Waals surface area contributed by atoms with Crippen LogP contribution in [0.1, 0.15) is 26.5 Å². The molecule has 0 aliphatic rings. The Morgan fingerprint density at radius 2 is 2.12 bits per heavy atom. The largest absolute Gasteiger partial charge is 0.325 e. The van der Waals surface area contributed by atoms with Crippen LogP contribution in [0, 0.1) is 0 Å². The quantitative estimate of drug-likeness (QED) is 0.852. The van der Waals surface area contributed by atoms with E-state index < -0.39 is 10.0 Å². The first-order valence-electron chi connectivity index (χ1n) is 5.61. The molecule has 0 unspecified atom stereocenters. The van der Waals surface area contributed by atoms with E-state index >= 15 is 0 Å². The van der Waals surface area contributed by atoms with Gasteiger partial charge < -0.3 is 5.73 Å². The minimum atomic E-state index is -3.50. The number of hydrogen-bond acceptors (Lipinski definition) is 4. The molecule has 0 saturated carbocycles. The van der Waals surface area contributed by atoms with Gasteiger partial charge in [-0.05, 0) is 26.0 Å². The third-order valence-corrected chi connectivity index (χ3v) is 4.74. The van der Waals surface area contributed by atoms with Gasteiger partial charge in [0.25, 0.3) is 0 Å². The highest BCUT2D eigenvalue weighted by atomic mass is 32.2. The molecule has 0 aliphatic carbocycles. The molecule has 0 saturated heterocycles. The van der Waals surface area contributed by atoms with Crippen LogP contribution in [-0.2, 0) is 16.6 Å². The molecule has 0 amide bonds. The first kappa shape index (κ1) is 14.1. The van der Waals surface area contributed by atoms with Crippen LogP contribution in [0.15, 0.2) is 23.2 Å². The van der Waals surface area contributed by atoms with E-state index in [1.165, 1.54) is 4.31 Å². The molecule has 17 heavy (non-hydrogen) atoms. The van der Waals surface area contributed by atoms with Gasteiger partial charge in [0.1, 0.15) is 4.90 Å². The number of rotatable bonds is 5. The van der Waals surface area contributed by atoms with Crippen molar-refractivity contribution >= 4 is 10.0 Å². The first-order valence-corrected chi connectivity index (χ1v) is 7.05. The monoisotopic (exact) mass is 257 g/mol. The Kier molecular flexibility index (Phi) is 4.62. The molecule has 5 nitrogen and oxygen atoms in total. The van der Waals surface area contributed by atoms with E-state index in [0.717, 1.165) is 0 Å². The highest BCUT2D eigenvalue weighted by Gasteiger charge is 2.27. The maximum atomic E-state index is 12.4. The molecule has 0 aromatic carbocycles. The highest BCUT2D eigenvalue weighted by molar-refractivity contribution is 7.89.